The lowest BCUT2D eigenvalue weighted by molar-refractivity contribution is -0.112. The number of hydrogen-bond acceptors (Lipinski definition) is 5. The normalized spacial score (nSPS) is 10.8. The number of ether oxygens (including phenoxy) is 1. The van der Waals surface area contributed by atoms with Crippen molar-refractivity contribution in [3.05, 3.63) is 76.3 Å². The minimum atomic E-state index is -0.732. The maximum Gasteiger partial charge on any atom is 0.298 e. The first-order valence-corrected chi connectivity index (χ1v) is 9.94. The Balaban J connectivity index is 1.73. The summed E-state index contributed by atoms with van der Waals surface area (Å²) in [6.07, 6.45) is 1.70. The van der Waals surface area contributed by atoms with Gasteiger partial charge in [-0.05, 0) is 53.5 Å². The lowest BCUT2D eigenvalue weighted by Gasteiger charge is -2.06. The molecule has 2 aromatic carbocycles. The molecule has 2 heterocycles. The number of halogens is 1. The average Bonchev–Trinajstić information content (AvgIpc) is 3.36. The summed E-state index contributed by atoms with van der Waals surface area (Å²) >= 11 is 7.16. The van der Waals surface area contributed by atoms with Crippen LogP contribution in [0.25, 0.3) is 10.9 Å². The van der Waals surface area contributed by atoms with E-state index in [1.54, 1.807) is 30.8 Å². The molecule has 0 radical (unpaired) electrons. The van der Waals surface area contributed by atoms with Crippen molar-refractivity contribution in [3.63, 3.8) is 0 Å². The number of hydrogen-bond donors (Lipinski definition) is 1. The van der Waals surface area contributed by atoms with Crippen LogP contribution in [0.4, 0.5) is 5.82 Å². The molecule has 0 bridgehead atoms. The quantitative estimate of drug-likeness (QED) is 0.361. The average molecular weight is 426 g/mol. The number of nitrogens with one attached hydrogen (secondary N) is 1. The van der Waals surface area contributed by atoms with E-state index in [1.165, 1.54) is 11.5 Å². The molecule has 0 spiro atoms. The lowest BCUT2D eigenvalue weighted by Crippen LogP contribution is -2.22. The van der Waals surface area contributed by atoms with Gasteiger partial charge in [0.2, 0.25) is 0 Å². The summed E-state index contributed by atoms with van der Waals surface area (Å²) in [5, 5.41) is 5.57. The van der Waals surface area contributed by atoms with Gasteiger partial charge >= 0.3 is 0 Å². The van der Waals surface area contributed by atoms with Crippen LogP contribution < -0.4 is 10.1 Å². The van der Waals surface area contributed by atoms with Crippen LogP contribution in [-0.4, -0.2) is 27.7 Å². The molecule has 4 rings (SSSR count). The molecule has 4 aromatic rings. The first-order chi connectivity index (χ1) is 14.0. The van der Waals surface area contributed by atoms with Crippen LogP contribution in [0.1, 0.15) is 15.9 Å². The molecule has 1 N–H and O–H groups in total. The van der Waals surface area contributed by atoms with E-state index in [-0.39, 0.29) is 0 Å². The number of aromatic nitrogens is 2. The van der Waals surface area contributed by atoms with E-state index in [0.29, 0.717) is 34.1 Å². The van der Waals surface area contributed by atoms with Gasteiger partial charge in [0.25, 0.3) is 11.7 Å². The van der Waals surface area contributed by atoms with Crippen LogP contribution in [0.5, 0.6) is 5.75 Å². The number of carbonyl (C=O) groups excluding carboxylic acids is 2. The predicted octanol–water partition coefficient (Wildman–Crippen LogP) is 4.63. The Labute approximate surface area is 175 Å². The summed E-state index contributed by atoms with van der Waals surface area (Å²) in [5.74, 6) is -0.401. The Hall–Kier alpha value is -3.16. The van der Waals surface area contributed by atoms with E-state index < -0.39 is 11.7 Å². The molecule has 0 unspecified atom stereocenters. The second-order valence-electron chi connectivity index (χ2n) is 6.35. The number of fused-ring (bicyclic) bond motifs is 1. The second-order valence-corrected chi connectivity index (χ2v) is 7.45. The zero-order valence-electron chi connectivity index (χ0n) is 15.4. The Morgan fingerprint density at radius 1 is 1.17 bits per heavy atom. The number of ketones is 1. The molecule has 29 heavy (non-hydrogen) atoms. The van der Waals surface area contributed by atoms with Crippen molar-refractivity contribution in [1.82, 2.24) is 8.94 Å². The molecule has 1 amide bonds. The zero-order valence-corrected chi connectivity index (χ0v) is 17.0. The molecule has 0 fully saturated rings. The van der Waals surface area contributed by atoms with Gasteiger partial charge in [0, 0.05) is 34.0 Å². The molecule has 0 atom stereocenters. The standard InChI is InChI=1S/C21H16ClN3O3S/c1-28-15-6-7-18-16(10-15)17(20(26)21(27)23-19-8-9-29-24-19)12-25(18)11-13-2-4-14(22)5-3-13/h2-10,12H,11H2,1H3,(H,23,24,27). The highest BCUT2D eigenvalue weighted by Crippen LogP contribution is 2.28. The predicted molar refractivity (Wildman–Crippen MR) is 114 cm³/mol. The van der Waals surface area contributed by atoms with Crippen molar-refractivity contribution in [3.8, 4) is 5.75 Å². The van der Waals surface area contributed by atoms with Crippen molar-refractivity contribution in [1.29, 1.82) is 0 Å². The first kappa shape index (κ1) is 19.2. The van der Waals surface area contributed by atoms with Crippen molar-refractivity contribution < 1.29 is 14.3 Å². The van der Waals surface area contributed by atoms with E-state index >= 15 is 0 Å². The van der Waals surface area contributed by atoms with Gasteiger partial charge in [-0.3, -0.25) is 9.59 Å². The molecule has 146 valence electrons. The van der Waals surface area contributed by atoms with Gasteiger partial charge in [0.05, 0.1) is 12.7 Å². The SMILES string of the molecule is COc1ccc2c(c1)c(C(=O)C(=O)Nc1ccsn1)cn2Cc1ccc(Cl)cc1. The summed E-state index contributed by atoms with van der Waals surface area (Å²) in [5.41, 5.74) is 2.15. The van der Waals surface area contributed by atoms with Crippen molar-refractivity contribution >= 4 is 51.5 Å². The third-order valence-corrected chi connectivity index (χ3v) is 5.30. The highest BCUT2D eigenvalue weighted by molar-refractivity contribution is 7.03. The van der Waals surface area contributed by atoms with Crippen LogP contribution >= 0.6 is 23.1 Å². The number of Topliss-reactive ketones (excluding diaryl/α,β-unsaturated/α-hetero) is 1. The number of anilines is 1. The van der Waals surface area contributed by atoms with Gasteiger partial charge in [0.15, 0.2) is 0 Å². The third-order valence-electron chi connectivity index (χ3n) is 4.48. The molecule has 0 aliphatic heterocycles. The van der Waals surface area contributed by atoms with Crippen LogP contribution in [0.15, 0.2) is 60.1 Å². The first-order valence-electron chi connectivity index (χ1n) is 8.72. The van der Waals surface area contributed by atoms with Gasteiger partial charge in [-0.15, -0.1) is 0 Å². The summed E-state index contributed by atoms with van der Waals surface area (Å²) in [4.78, 5) is 25.3. The monoisotopic (exact) mass is 425 g/mol. The minimum Gasteiger partial charge on any atom is -0.497 e. The zero-order chi connectivity index (χ0) is 20.4. The van der Waals surface area contributed by atoms with Crippen LogP contribution in [-0.2, 0) is 11.3 Å². The fourth-order valence-corrected chi connectivity index (χ4v) is 3.67. The fourth-order valence-electron chi connectivity index (χ4n) is 3.07. The number of amides is 1. The topological polar surface area (TPSA) is 73.2 Å². The number of rotatable bonds is 6. The van der Waals surface area contributed by atoms with E-state index in [1.807, 2.05) is 41.0 Å². The number of carbonyl (C=O) groups is 2. The number of methoxy groups -OCH3 is 1. The smallest absolute Gasteiger partial charge is 0.298 e. The van der Waals surface area contributed by atoms with Crippen molar-refractivity contribution in [2.45, 2.75) is 6.54 Å². The van der Waals surface area contributed by atoms with Gasteiger partial charge in [-0.25, -0.2) is 0 Å². The highest BCUT2D eigenvalue weighted by Gasteiger charge is 2.23. The molecule has 6 nitrogen and oxygen atoms in total. The van der Waals surface area contributed by atoms with Crippen LogP contribution in [0.3, 0.4) is 0 Å². The van der Waals surface area contributed by atoms with Crippen molar-refractivity contribution in [2.75, 3.05) is 12.4 Å². The number of benzene rings is 2. The van der Waals surface area contributed by atoms with Gasteiger partial charge in [-0.1, -0.05) is 23.7 Å². The lowest BCUT2D eigenvalue weighted by atomic mass is 10.1. The molecule has 0 aliphatic rings. The fraction of sp³-hybridized carbons (Fsp3) is 0.0952. The largest absolute Gasteiger partial charge is 0.497 e. The minimum absolute atomic E-state index is 0.306. The summed E-state index contributed by atoms with van der Waals surface area (Å²) in [6, 6.07) is 14.6. The van der Waals surface area contributed by atoms with Gasteiger partial charge in [-0.2, -0.15) is 4.37 Å². The van der Waals surface area contributed by atoms with E-state index in [2.05, 4.69) is 9.69 Å². The molecule has 0 aliphatic carbocycles. The van der Waals surface area contributed by atoms with E-state index in [0.717, 1.165) is 11.1 Å². The maximum absolute atomic E-state index is 12.9. The van der Waals surface area contributed by atoms with Crippen LogP contribution in [0, 0.1) is 0 Å². The molecule has 0 saturated heterocycles. The van der Waals surface area contributed by atoms with Gasteiger partial charge in [0.1, 0.15) is 11.6 Å². The Kier molecular flexibility index (Phi) is 5.33. The van der Waals surface area contributed by atoms with E-state index in [9.17, 15) is 9.59 Å². The highest BCUT2D eigenvalue weighted by atomic mass is 35.5. The number of nitrogens with zero attached hydrogens (tertiary/aromatic N) is 2. The molecular weight excluding hydrogens is 410 g/mol. The van der Waals surface area contributed by atoms with Crippen LogP contribution in [0.2, 0.25) is 5.02 Å². The molecular formula is C21H16ClN3O3S. The summed E-state index contributed by atoms with van der Waals surface area (Å²) in [6.45, 7) is 0.529. The van der Waals surface area contributed by atoms with Crippen molar-refractivity contribution in [2.24, 2.45) is 0 Å². The Morgan fingerprint density at radius 3 is 2.66 bits per heavy atom. The maximum atomic E-state index is 12.9. The third kappa shape index (κ3) is 4.01. The second kappa shape index (κ2) is 8.06. The van der Waals surface area contributed by atoms with Gasteiger partial charge < -0.3 is 14.6 Å². The summed E-state index contributed by atoms with van der Waals surface area (Å²) < 4.78 is 11.2. The molecule has 2 aromatic heterocycles. The summed E-state index contributed by atoms with van der Waals surface area (Å²) in [7, 11) is 1.56. The Bertz CT molecular complexity index is 1180. The molecule has 8 heteroatoms. The molecule has 0 saturated carbocycles. The van der Waals surface area contributed by atoms with E-state index in [4.69, 9.17) is 16.3 Å². The Morgan fingerprint density at radius 2 is 1.97 bits per heavy atom.